The highest BCUT2D eigenvalue weighted by atomic mass is 32.2. The molecule has 0 spiro atoms. The Balaban J connectivity index is 1.60. The first-order valence-electron chi connectivity index (χ1n) is 17.3. The number of nitrogens with one attached hydrogen (secondary N) is 3. The molecule has 0 radical (unpaired) electrons. The number of fused-ring (bicyclic) bond motifs is 1. The lowest BCUT2D eigenvalue weighted by Crippen LogP contribution is -2.65. The van der Waals surface area contributed by atoms with Crippen molar-refractivity contribution in [3.63, 3.8) is 0 Å². The normalized spacial score (nSPS) is 24.5. The summed E-state index contributed by atoms with van der Waals surface area (Å²) in [6.07, 6.45) is 7.19. The largest absolute Gasteiger partial charge is 0.390 e. The minimum absolute atomic E-state index is 0.0584. The number of likely N-dealkylation sites (tertiary alicyclic amines) is 2. The second kappa shape index (κ2) is 15.2. The van der Waals surface area contributed by atoms with E-state index >= 15 is 0 Å². The van der Waals surface area contributed by atoms with Gasteiger partial charge in [0.05, 0.1) is 22.9 Å². The van der Waals surface area contributed by atoms with Gasteiger partial charge in [-0.3, -0.25) is 14.5 Å². The fourth-order valence-corrected chi connectivity index (χ4v) is 7.91. The Morgan fingerprint density at radius 1 is 0.936 bits per heavy atom. The fraction of sp³-hybridized carbons (Fsp3) is 0.743. The number of nitrogens with zero attached hydrogens (tertiary/aromatic N) is 2. The van der Waals surface area contributed by atoms with Gasteiger partial charge in [0.15, 0.2) is 9.84 Å². The number of urea groups is 1. The van der Waals surface area contributed by atoms with Crippen LogP contribution in [0.1, 0.15) is 85.1 Å². The molecule has 3 unspecified atom stereocenters. The number of aliphatic hydroxyl groups excluding tert-OH is 1. The van der Waals surface area contributed by atoms with Crippen molar-refractivity contribution >= 4 is 27.7 Å². The number of carbonyl (C=O) groups is 3. The minimum Gasteiger partial charge on any atom is -0.390 e. The van der Waals surface area contributed by atoms with E-state index in [2.05, 4.69) is 20.9 Å². The van der Waals surface area contributed by atoms with E-state index < -0.39 is 56.3 Å². The summed E-state index contributed by atoms with van der Waals surface area (Å²) >= 11 is 0. The number of β-amino-alcohol motifs (C(OH)–C–C–N with tert-alkyl or cyclic N) is 1. The Morgan fingerprint density at radius 3 is 2.15 bits per heavy atom. The van der Waals surface area contributed by atoms with Crippen LogP contribution >= 0.6 is 0 Å². The van der Waals surface area contributed by atoms with Crippen LogP contribution in [0.4, 0.5) is 4.79 Å². The van der Waals surface area contributed by atoms with Crippen molar-refractivity contribution in [3.05, 3.63) is 35.9 Å². The van der Waals surface area contributed by atoms with Crippen LogP contribution in [0.15, 0.2) is 30.3 Å². The Kier molecular flexibility index (Phi) is 12.0. The second-order valence-corrected chi connectivity index (χ2v) is 18.2. The summed E-state index contributed by atoms with van der Waals surface area (Å²) in [6, 6.07) is 6.36. The van der Waals surface area contributed by atoms with Crippen molar-refractivity contribution in [2.24, 2.45) is 11.8 Å². The predicted octanol–water partition coefficient (Wildman–Crippen LogP) is 2.87. The van der Waals surface area contributed by atoms with E-state index in [0.717, 1.165) is 50.3 Å². The predicted molar refractivity (Wildman–Crippen MR) is 183 cm³/mol. The van der Waals surface area contributed by atoms with Gasteiger partial charge in [-0.25, -0.2) is 13.2 Å². The van der Waals surface area contributed by atoms with Crippen LogP contribution in [0.25, 0.3) is 0 Å². The van der Waals surface area contributed by atoms with Crippen LogP contribution in [0.5, 0.6) is 0 Å². The highest BCUT2D eigenvalue weighted by Gasteiger charge is 2.46. The highest BCUT2D eigenvalue weighted by molar-refractivity contribution is 7.92. The zero-order valence-corrected chi connectivity index (χ0v) is 29.9. The first kappa shape index (κ1) is 37.1. The molecule has 2 aliphatic heterocycles. The molecule has 3 fully saturated rings. The number of carbonyl (C=O) groups excluding carboxylic acids is 3. The Morgan fingerprint density at radius 2 is 1.55 bits per heavy atom. The number of aliphatic hydroxyl groups is 1. The van der Waals surface area contributed by atoms with Crippen molar-refractivity contribution < 1.29 is 27.9 Å². The second-order valence-electron chi connectivity index (χ2n) is 15.6. The monoisotopic (exact) mass is 675 g/mol. The molecule has 1 saturated carbocycles. The lowest BCUT2D eigenvalue weighted by molar-refractivity contribution is -0.133. The lowest BCUT2D eigenvalue weighted by Gasteiger charge is -2.47. The van der Waals surface area contributed by atoms with Crippen LogP contribution in [0.3, 0.4) is 0 Å². The molecular formula is C35H57N5O6S. The van der Waals surface area contributed by atoms with Crippen LogP contribution in [0.2, 0.25) is 0 Å². The summed E-state index contributed by atoms with van der Waals surface area (Å²) < 4.78 is 24.3. The average molecular weight is 676 g/mol. The van der Waals surface area contributed by atoms with Crippen molar-refractivity contribution in [2.75, 3.05) is 32.4 Å². The Hall–Kier alpha value is -2.70. The standard InChI is InChI=1S/C35H57N5O6S/c1-34(2,3)38-31(42)28-21-25-16-10-11-17-26(25)22-40(28)23-29(41)27(20-24-14-8-7-9-15-24)36-32(43)30(35(4,5)47(6,45)46)37-33(44)39-18-12-13-19-39/h7-9,14-15,25-30,41H,10-13,16-23H2,1-6H3,(H,36,43)(H,37,44)(H,38,42)/t25-,26+,27?,28?,29?,30+/m0/s1. The molecule has 4 amide bonds. The number of sulfone groups is 1. The van der Waals surface area contributed by atoms with Gasteiger partial charge in [-0.15, -0.1) is 0 Å². The molecule has 1 aromatic carbocycles. The van der Waals surface area contributed by atoms with E-state index in [1.807, 2.05) is 51.1 Å². The summed E-state index contributed by atoms with van der Waals surface area (Å²) in [5.41, 5.74) is 0.472. The number of hydrogen-bond acceptors (Lipinski definition) is 7. The summed E-state index contributed by atoms with van der Waals surface area (Å²) in [7, 11) is -3.81. The molecule has 0 aromatic heterocycles. The van der Waals surface area contributed by atoms with Crippen molar-refractivity contribution in [3.8, 4) is 0 Å². The molecular weight excluding hydrogens is 618 g/mol. The van der Waals surface area contributed by atoms with Gasteiger partial charge in [0.1, 0.15) is 6.04 Å². The third kappa shape index (κ3) is 9.69. The van der Waals surface area contributed by atoms with E-state index in [1.165, 1.54) is 20.3 Å². The molecule has 1 aromatic rings. The molecule has 3 aliphatic rings. The van der Waals surface area contributed by atoms with Gasteiger partial charge in [-0.2, -0.15) is 0 Å². The summed E-state index contributed by atoms with van der Waals surface area (Å²) in [6.45, 7) is 10.7. The van der Waals surface area contributed by atoms with Crippen LogP contribution in [-0.4, -0.2) is 108 Å². The number of benzene rings is 1. The molecule has 0 bridgehead atoms. The van der Waals surface area contributed by atoms with Gasteiger partial charge < -0.3 is 26.0 Å². The molecule has 2 heterocycles. The van der Waals surface area contributed by atoms with Gasteiger partial charge in [0.25, 0.3) is 0 Å². The molecule has 12 heteroatoms. The van der Waals surface area contributed by atoms with Crippen molar-refractivity contribution in [1.29, 1.82) is 0 Å². The first-order valence-corrected chi connectivity index (χ1v) is 19.2. The highest BCUT2D eigenvalue weighted by Crippen LogP contribution is 2.39. The van der Waals surface area contributed by atoms with E-state index in [9.17, 15) is 27.9 Å². The topological polar surface area (TPSA) is 148 Å². The number of rotatable bonds is 11. The smallest absolute Gasteiger partial charge is 0.318 e. The number of amides is 4. The molecule has 4 N–H and O–H groups in total. The van der Waals surface area contributed by atoms with E-state index in [-0.39, 0.29) is 18.9 Å². The maximum Gasteiger partial charge on any atom is 0.318 e. The zero-order chi connectivity index (χ0) is 34.6. The van der Waals surface area contributed by atoms with E-state index in [1.54, 1.807) is 4.90 Å². The minimum atomic E-state index is -3.81. The first-order chi connectivity index (χ1) is 22.0. The van der Waals surface area contributed by atoms with Gasteiger partial charge in [-0.1, -0.05) is 49.6 Å². The Bertz CT molecular complexity index is 1340. The molecule has 1 aliphatic carbocycles. The summed E-state index contributed by atoms with van der Waals surface area (Å²) in [5.74, 6) is 0.168. The molecule has 4 rings (SSSR count). The van der Waals surface area contributed by atoms with Gasteiger partial charge in [0.2, 0.25) is 11.8 Å². The number of piperidine rings is 1. The quantitative estimate of drug-likeness (QED) is 0.282. The van der Waals surface area contributed by atoms with Gasteiger partial charge in [0, 0.05) is 38.0 Å². The van der Waals surface area contributed by atoms with Gasteiger partial charge in [-0.05, 0) is 84.1 Å². The van der Waals surface area contributed by atoms with Crippen molar-refractivity contribution in [1.82, 2.24) is 25.8 Å². The van der Waals surface area contributed by atoms with Crippen LogP contribution in [-0.2, 0) is 25.8 Å². The fourth-order valence-electron chi connectivity index (χ4n) is 7.32. The maximum absolute atomic E-state index is 14.1. The molecule has 264 valence electrons. The summed E-state index contributed by atoms with van der Waals surface area (Å²) in [5, 5.41) is 20.7. The molecule has 6 atom stereocenters. The SMILES string of the molecule is CC(C)(C)NC(=O)C1C[C@@H]2CCCC[C@@H]2CN1CC(O)C(Cc1ccccc1)NC(=O)[C@@H](NC(=O)N1CCCC1)C(C)(C)S(C)(=O)=O. The average Bonchev–Trinajstić information content (AvgIpc) is 3.53. The molecule has 47 heavy (non-hydrogen) atoms. The Labute approximate surface area is 281 Å². The third-order valence-corrected chi connectivity index (χ3v) is 12.5. The van der Waals surface area contributed by atoms with Crippen molar-refractivity contribution in [2.45, 2.75) is 121 Å². The number of hydrogen-bond donors (Lipinski definition) is 4. The van der Waals surface area contributed by atoms with Gasteiger partial charge >= 0.3 is 6.03 Å². The summed E-state index contributed by atoms with van der Waals surface area (Å²) in [4.78, 5) is 44.6. The van der Waals surface area contributed by atoms with Crippen LogP contribution in [0, 0.1) is 11.8 Å². The van der Waals surface area contributed by atoms with E-state index in [4.69, 9.17) is 0 Å². The maximum atomic E-state index is 14.1. The van der Waals surface area contributed by atoms with Crippen LogP contribution < -0.4 is 16.0 Å². The molecule has 11 nitrogen and oxygen atoms in total. The lowest BCUT2D eigenvalue weighted by atomic mass is 9.72. The zero-order valence-electron chi connectivity index (χ0n) is 29.1. The van der Waals surface area contributed by atoms with E-state index in [0.29, 0.717) is 31.5 Å². The third-order valence-electron chi connectivity index (χ3n) is 10.4. The molecule has 2 saturated heterocycles.